The standard InChI is InChI=1S/C10H10Cl2N2.ClH/c11-7-3-8-6(1-2-13)5-14-10(8)9(12)4-7;/h3-5,14H,1-2,13H2;1H. The van der Waals surface area contributed by atoms with Gasteiger partial charge in [0.25, 0.3) is 0 Å². The Bertz CT molecular complexity index is 465. The van der Waals surface area contributed by atoms with Crippen LogP contribution in [0, 0.1) is 0 Å². The number of aromatic nitrogens is 1. The van der Waals surface area contributed by atoms with E-state index in [1.165, 1.54) is 5.56 Å². The fourth-order valence-electron chi connectivity index (χ4n) is 1.61. The van der Waals surface area contributed by atoms with Crippen LogP contribution in [0.2, 0.25) is 10.0 Å². The van der Waals surface area contributed by atoms with Gasteiger partial charge in [0.1, 0.15) is 0 Å². The number of H-pyrrole nitrogens is 1. The maximum atomic E-state index is 6.04. The quantitative estimate of drug-likeness (QED) is 0.719. The molecule has 1 aromatic carbocycles. The van der Waals surface area contributed by atoms with E-state index in [1.807, 2.05) is 12.3 Å². The second-order valence-corrected chi connectivity index (χ2v) is 4.07. The third kappa shape index (κ3) is 2.40. The average molecular weight is 266 g/mol. The molecule has 2 nitrogen and oxygen atoms in total. The van der Waals surface area contributed by atoms with E-state index in [-0.39, 0.29) is 12.4 Å². The number of benzene rings is 1. The zero-order valence-corrected chi connectivity index (χ0v) is 10.3. The largest absolute Gasteiger partial charge is 1.00 e. The van der Waals surface area contributed by atoms with E-state index in [1.54, 1.807) is 6.07 Å². The zero-order valence-electron chi connectivity index (χ0n) is 7.99. The molecule has 82 valence electrons. The van der Waals surface area contributed by atoms with E-state index in [4.69, 9.17) is 23.2 Å². The highest BCUT2D eigenvalue weighted by Crippen LogP contribution is 2.29. The molecule has 1 heterocycles. The first-order valence-corrected chi connectivity index (χ1v) is 5.22. The van der Waals surface area contributed by atoms with E-state index in [9.17, 15) is 0 Å². The molecular weight excluding hydrogens is 254 g/mol. The van der Waals surface area contributed by atoms with Crippen molar-refractivity contribution in [1.29, 1.82) is 0 Å². The molecule has 0 unspecified atom stereocenters. The van der Waals surface area contributed by atoms with Crippen molar-refractivity contribution in [1.82, 2.24) is 4.98 Å². The number of aromatic amines is 1. The van der Waals surface area contributed by atoms with Crippen molar-refractivity contribution < 1.29 is 18.1 Å². The van der Waals surface area contributed by atoms with E-state index < -0.39 is 0 Å². The molecule has 5 heteroatoms. The summed E-state index contributed by atoms with van der Waals surface area (Å²) < 4.78 is 0. The molecule has 0 bridgehead atoms. The Balaban J connectivity index is 0.00000112. The number of nitrogens with one attached hydrogen (secondary N) is 1. The van der Waals surface area contributed by atoms with Gasteiger partial charge in [-0.1, -0.05) is 23.2 Å². The fraction of sp³-hybridized carbons (Fsp3) is 0.200. The molecule has 2 aromatic rings. The van der Waals surface area contributed by atoms with Crippen LogP contribution in [-0.4, -0.2) is 11.5 Å². The van der Waals surface area contributed by atoms with E-state index >= 15 is 0 Å². The van der Waals surface area contributed by atoms with Crippen molar-refractivity contribution in [2.75, 3.05) is 6.54 Å². The first-order chi connectivity index (χ1) is 6.72. The third-order valence-electron chi connectivity index (χ3n) is 2.24. The lowest BCUT2D eigenvalue weighted by Gasteiger charge is -1.98. The van der Waals surface area contributed by atoms with Crippen LogP contribution >= 0.6 is 23.2 Å². The lowest BCUT2D eigenvalue weighted by Crippen LogP contribution is -3.00. The van der Waals surface area contributed by atoms with Crippen LogP contribution < -0.4 is 18.1 Å². The normalized spacial score (nSPS) is 10.3. The van der Waals surface area contributed by atoms with Crippen LogP contribution in [0.5, 0.6) is 0 Å². The van der Waals surface area contributed by atoms with E-state index in [0.717, 1.165) is 23.9 Å². The summed E-state index contributed by atoms with van der Waals surface area (Å²) in [6, 6.07) is 3.68. The molecule has 0 fully saturated rings. The Hall–Kier alpha value is -0.410. The summed E-state index contributed by atoms with van der Waals surface area (Å²) in [5.74, 6) is 0. The van der Waals surface area contributed by atoms with Crippen molar-refractivity contribution in [2.45, 2.75) is 6.42 Å². The van der Waals surface area contributed by atoms with Gasteiger partial charge in [-0.25, -0.2) is 0 Å². The van der Waals surface area contributed by atoms with E-state index in [0.29, 0.717) is 10.0 Å². The van der Waals surface area contributed by atoms with Crippen molar-refractivity contribution in [3.8, 4) is 0 Å². The van der Waals surface area contributed by atoms with Crippen molar-refractivity contribution in [3.63, 3.8) is 0 Å². The van der Waals surface area contributed by atoms with Crippen LogP contribution in [0.25, 0.3) is 10.9 Å². The van der Waals surface area contributed by atoms with Crippen LogP contribution in [0.15, 0.2) is 18.3 Å². The third-order valence-corrected chi connectivity index (χ3v) is 2.75. The molecule has 15 heavy (non-hydrogen) atoms. The predicted octanol–water partition coefficient (Wildman–Crippen LogP) is -0.737. The molecule has 4 N–H and O–H groups in total. The van der Waals surface area contributed by atoms with Gasteiger partial charge in [-0.15, -0.1) is 0 Å². The van der Waals surface area contributed by atoms with Crippen LogP contribution in [0.4, 0.5) is 0 Å². The molecule has 0 aliphatic carbocycles. The van der Waals surface area contributed by atoms with Gasteiger partial charge in [-0.05, 0) is 17.7 Å². The molecule has 0 spiro atoms. The number of hydrogen-bond acceptors (Lipinski definition) is 0. The summed E-state index contributed by atoms with van der Waals surface area (Å²) in [5, 5.41) is 2.45. The van der Waals surface area contributed by atoms with E-state index in [2.05, 4.69) is 10.7 Å². The molecule has 0 saturated carbocycles. The Morgan fingerprint density at radius 2 is 2.00 bits per heavy atom. The lowest BCUT2D eigenvalue weighted by molar-refractivity contribution is -0.366. The van der Waals surface area contributed by atoms with Gasteiger partial charge in [0.15, 0.2) is 0 Å². The highest BCUT2D eigenvalue weighted by atomic mass is 35.5. The summed E-state index contributed by atoms with van der Waals surface area (Å²) in [7, 11) is 0. The van der Waals surface area contributed by atoms with Crippen LogP contribution in [0.3, 0.4) is 0 Å². The summed E-state index contributed by atoms with van der Waals surface area (Å²) in [6.45, 7) is 0.872. The minimum absolute atomic E-state index is 0. The van der Waals surface area contributed by atoms with Crippen molar-refractivity contribution in [3.05, 3.63) is 33.9 Å². The SMILES string of the molecule is [Cl-].[NH3+]CCc1c[nH]c2c(Cl)cc(Cl)cc12. The first-order valence-electron chi connectivity index (χ1n) is 4.46. The molecule has 0 aliphatic rings. The summed E-state index contributed by atoms with van der Waals surface area (Å²) in [6.07, 6.45) is 2.91. The van der Waals surface area contributed by atoms with Gasteiger partial charge in [0.05, 0.1) is 17.1 Å². The molecule has 0 atom stereocenters. The molecule has 0 aliphatic heterocycles. The molecule has 1 aromatic heterocycles. The number of rotatable bonds is 2. The molecule has 0 radical (unpaired) electrons. The van der Waals surface area contributed by atoms with Gasteiger partial charge in [-0.3, -0.25) is 0 Å². The van der Waals surface area contributed by atoms with Gasteiger partial charge < -0.3 is 23.1 Å². The highest BCUT2D eigenvalue weighted by molar-refractivity contribution is 6.38. The van der Waals surface area contributed by atoms with Gasteiger partial charge >= 0.3 is 0 Å². The van der Waals surface area contributed by atoms with Crippen molar-refractivity contribution in [2.24, 2.45) is 0 Å². The Morgan fingerprint density at radius 1 is 1.27 bits per heavy atom. The molecule has 2 rings (SSSR count). The Kier molecular flexibility index (Phi) is 4.29. The molecule has 0 saturated heterocycles. The number of fused-ring (bicyclic) bond motifs is 1. The maximum absolute atomic E-state index is 6.04. The number of quaternary nitrogens is 1. The minimum atomic E-state index is 0. The smallest absolute Gasteiger partial charge is 0.0781 e. The predicted molar refractivity (Wildman–Crippen MR) is 59.8 cm³/mol. The Morgan fingerprint density at radius 3 is 2.67 bits per heavy atom. The van der Waals surface area contributed by atoms with Crippen LogP contribution in [-0.2, 0) is 6.42 Å². The highest BCUT2D eigenvalue weighted by Gasteiger charge is 2.07. The topological polar surface area (TPSA) is 43.4 Å². The Labute approximate surface area is 104 Å². The second kappa shape index (κ2) is 5.08. The lowest BCUT2D eigenvalue weighted by atomic mass is 10.1. The molecular formula is C10H11Cl3N2. The van der Waals surface area contributed by atoms with Gasteiger partial charge in [0.2, 0.25) is 0 Å². The summed E-state index contributed by atoms with van der Waals surface area (Å²) >= 11 is 12.0. The number of hydrogen-bond donors (Lipinski definition) is 2. The monoisotopic (exact) mass is 264 g/mol. The van der Waals surface area contributed by atoms with Gasteiger partial charge in [-0.2, -0.15) is 0 Å². The fourth-order valence-corrected chi connectivity index (χ4v) is 2.16. The first kappa shape index (κ1) is 12.7. The van der Waals surface area contributed by atoms with Crippen molar-refractivity contribution >= 4 is 34.1 Å². The summed E-state index contributed by atoms with van der Waals surface area (Å²) in [4.78, 5) is 3.15. The zero-order chi connectivity index (χ0) is 10.1. The number of halogens is 3. The minimum Gasteiger partial charge on any atom is -1.00 e. The maximum Gasteiger partial charge on any atom is 0.0781 e. The average Bonchev–Trinajstić information content (AvgIpc) is 2.49. The molecule has 0 amide bonds. The summed E-state index contributed by atoms with van der Waals surface area (Å²) in [5.41, 5.74) is 6.01. The second-order valence-electron chi connectivity index (χ2n) is 3.23. The van der Waals surface area contributed by atoms with Gasteiger partial charge in [0, 0.05) is 23.0 Å². The van der Waals surface area contributed by atoms with Crippen LogP contribution in [0.1, 0.15) is 5.56 Å².